The van der Waals surface area contributed by atoms with Crippen molar-refractivity contribution in [2.24, 2.45) is 0 Å². The van der Waals surface area contributed by atoms with Crippen LogP contribution < -0.4 is 0 Å². The van der Waals surface area contributed by atoms with E-state index in [0.29, 0.717) is 5.57 Å². The summed E-state index contributed by atoms with van der Waals surface area (Å²) in [4.78, 5) is 24.7. The third-order valence-corrected chi connectivity index (χ3v) is 2.80. The Morgan fingerprint density at radius 1 is 1.12 bits per heavy atom. The van der Waals surface area contributed by atoms with Gasteiger partial charge in [-0.2, -0.15) is 0 Å². The number of hydrogen-bond donors (Lipinski definition) is 0. The quantitative estimate of drug-likeness (QED) is 0.708. The molecule has 1 aromatic carbocycles. The fourth-order valence-corrected chi connectivity index (χ4v) is 1.85. The third-order valence-electron chi connectivity index (χ3n) is 2.80. The van der Waals surface area contributed by atoms with E-state index in [1.165, 1.54) is 11.0 Å². The van der Waals surface area contributed by atoms with E-state index in [0.717, 1.165) is 5.56 Å². The Morgan fingerprint density at radius 2 is 1.75 bits per heavy atom. The molecule has 1 aliphatic rings. The standard InChI is InChI=1S/C13H13NO2/c1-9-8-12(15)14(13(9)16)10(2)11-6-4-3-5-7-11/h3-8,10H,1-2H3/t10-/m0/s1. The summed E-state index contributed by atoms with van der Waals surface area (Å²) in [7, 11) is 0. The van der Waals surface area contributed by atoms with Crippen LogP contribution in [-0.2, 0) is 9.59 Å². The number of carbonyl (C=O) groups is 2. The first-order chi connectivity index (χ1) is 7.61. The van der Waals surface area contributed by atoms with E-state index in [4.69, 9.17) is 0 Å². The largest absolute Gasteiger partial charge is 0.269 e. The zero-order valence-corrected chi connectivity index (χ0v) is 9.31. The van der Waals surface area contributed by atoms with Gasteiger partial charge >= 0.3 is 0 Å². The minimum Gasteiger partial charge on any atom is -0.269 e. The zero-order chi connectivity index (χ0) is 11.7. The first kappa shape index (κ1) is 10.6. The maximum absolute atomic E-state index is 11.8. The van der Waals surface area contributed by atoms with Crippen molar-refractivity contribution in [3.8, 4) is 0 Å². The van der Waals surface area contributed by atoms with Crippen LogP contribution in [0.1, 0.15) is 25.5 Å². The van der Waals surface area contributed by atoms with Gasteiger partial charge in [0.05, 0.1) is 6.04 Å². The minimum atomic E-state index is -0.223. The first-order valence-corrected chi connectivity index (χ1v) is 5.22. The number of rotatable bonds is 2. The lowest BCUT2D eigenvalue weighted by atomic mass is 10.1. The molecule has 1 aliphatic heterocycles. The molecule has 0 aliphatic carbocycles. The van der Waals surface area contributed by atoms with E-state index in [1.54, 1.807) is 6.92 Å². The van der Waals surface area contributed by atoms with E-state index in [1.807, 2.05) is 37.3 Å². The van der Waals surface area contributed by atoms with Crippen LogP contribution in [0.3, 0.4) is 0 Å². The molecule has 1 atom stereocenters. The number of carbonyl (C=O) groups excluding carboxylic acids is 2. The number of hydrogen-bond acceptors (Lipinski definition) is 2. The van der Waals surface area contributed by atoms with Crippen LogP contribution in [0.15, 0.2) is 42.0 Å². The molecule has 3 heteroatoms. The number of imide groups is 1. The van der Waals surface area contributed by atoms with Crippen LogP contribution in [0.5, 0.6) is 0 Å². The van der Waals surface area contributed by atoms with Crippen molar-refractivity contribution < 1.29 is 9.59 Å². The summed E-state index contributed by atoms with van der Waals surface area (Å²) >= 11 is 0. The highest BCUT2D eigenvalue weighted by atomic mass is 16.2. The van der Waals surface area contributed by atoms with Gasteiger partial charge in [-0.15, -0.1) is 0 Å². The van der Waals surface area contributed by atoms with Gasteiger partial charge in [0.2, 0.25) is 0 Å². The Morgan fingerprint density at radius 3 is 2.25 bits per heavy atom. The van der Waals surface area contributed by atoms with Crippen LogP contribution in [0, 0.1) is 0 Å². The van der Waals surface area contributed by atoms with E-state index >= 15 is 0 Å². The lowest BCUT2D eigenvalue weighted by Crippen LogP contribution is -2.33. The second-order valence-electron chi connectivity index (χ2n) is 3.93. The number of benzene rings is 1. The van der Waals surface area contributed by atoms with Crippen molar-refractivity contribution in [2.45, 2.75) is 19.9 Å². The number of amides is 2. The Bertz CT molecular complexity index is 462. The van der Waals surface area contributed by atoms with Crippen LogP contribution in [0.2, 0.25) is 0 Å². The molecule has 2 amide bonds. The Labute approximate surface area is 94.4 Å². The molecular weight excluding hydrogens is 202 g/mol. The lowest BCUT2D eigenvalue weighted by molar-refractivity contribution is -0.139. The molecule has 0 unspecified atom stereocenters. The summed E-state index contributed by atoms with van der Waals surface area (Å²) in [6, 6.07) is 9.33. The molecule has 0 saturated carbocycles. The molecular formula is C13H13NO2. The molecule has 0 spiro atoms. The maximum Gasteiger partial charge on any atom is 0.257 e. The van der Waals surface area contributed by atoms with Crippen molar-refractivity contribution in [3.63, 3.8) is 0 Å². The van der Waals surface area contributed by atoms with Crippen LogP contribution in [0.25, 0.3) is 0 Å². The zero-order valence-electron chi connectivity index (χ0n) is 9.31. The van der Waals surface area contributed by atoms with Crippen LogP contribution >= 0.6 is 0 Å². The van der Waals surface area contributed by atoms with Gasteiger partial charge in [-0.25, -0.2) is 0 Å². The molecule has 1 aromatic rings. The molecule has 2 rings (SSSR count). The molecule has 0 radical (unpaired) electrons. The smallest absolute Gasteiger partial charge is 0.257 e. The second-order valence-corrected chi connectivity index (χ2v) is 3.93. The summed E-state index contributed by atoms with van der Waals surface area (Å²) in [5.74, 6) is -0.416. The van der Waals surface area contributed by atoms with E-state index < -0.39 is 0 Å². The van der Waals surface area contributed by atoms with Crippen molar-refractivity contribution in [2.75, 3.05) is 0 Å². The Balaban J connectivity index is 2.28. The van der Waals surface area contributed by atoms with Gasteiger partial charge in [-0.3, -0.25) is 14.5 Å². The summed E-state index contributed by atoms with van der Waals surface area (Å²) < 4.78 is 0. The molecule has 0 saturated heterocycles. The van der Waals surface area contributed by atoms with Gasteiger partial charge in [0, 0.05) is 11.6 Å². The molecule has 3 nitrogen and oxygen atoms in total. The van der Waals surface area contributed by atoms with Crippen molar-refractivity contribution >= 4 is 11.8 Å². The SMILES string of the molecule is CC1=CC(=O)N([C@@H](C)c2ccccc2)C1=O. The fourth-order valence-electron chi connectivity index (χ4n) is 1.85. The minimum absolute atomic E-state index is 0.193. The Kier molecular flexibility index (Phi) is 2.60. The van der Waals surface area contributed by atoms with Gasteiger partial charge in [-0.1, -0.05) is 30.3 Å². The van der Waals surface area contributed by atoms with Gasteiger partial charge in [-0.05, 0) is 19.4 Å². The van der Waals surface area contributed by atoms with Crippen molar-refractivity contribution in [1.82, 2.24) is 4.90 Å². The molecule has 0 N–H and O–H groups in total. The van der Waals surface area contributed by atoms with Gasteiger partial charge < -0.3 is 0 Å². The van der Waals surface area contributed by atoms with Crippen molar-refractivity contribution in [3.05, 3.63) is 47.5 Å². The topological polar surface area (TPSA) is 37.4 Å². The lowest BCUT2D eigenvalue weighted by Gasteiger charge is -2.23. The number of nitrogens with zero attached hydrogens (tertiary/aromatic N) is 1. The highest BCUT2D eigenvalue weighted by Gasteiger charge is 2.32. The predicted molar refractivity (Wildman–Crippen MR) is 60.5 cm³/mol. The summed E-state index contributed by atoms with van der Waals surface area (Å²) in [6.45, 7) is 3.52. The first-order valence-electron chi connectivity index (χ1n) is 5.22. The average Bonchev–Trinajstić information content (AvgIpc) is 2.54. The van der Waals surface area contributed by atoms with E-state index in [9.17, 15) is 9.59 Å². The highest BCUT2D eigenvalue weighted by Crippen LogP contribution is 2.25. The third kappa shape index (κ3) is 1.65. The monoisotopic (exact) mass is 215 g/mol. The van der Waals surface area contributed by atoms with Gasteiger partial charge in [0.1, 0.15) is 0 Å². The summed E-state index contributed by atoms with van der Waals surface area (Å²) in [6.07, 6.45) is 1.39. The van der Waals surface area contributed by atoms with Crippen LogP contribution in [-0.4, -0.2) is 16.7 Å². The molecule has 0 aromatic heterocycles. The summed E-state index contributed by atoms with van der Waals surface area (Å²) in [5.41, 5.74) is 1.47. The van der Waals surface area contributed by atoms with Crippen LogP contribution in [0.4, 0.5) is 0 Å². The highest BCUT2D eigenvalue weighted by molar-refractivity contribution is 6.16. The molecule has 16 heavy (non-hydrogen) atoms. The Hall–Kier alpha value is -1.90. The normalized spacial score (nSPS) is 17.6. The molecule has 1 heterocycles. The molecule has 0 fully saturated rings. The summed E-state index contributed by atoms with van der Waals surface area (Å²) in [5, 5.41) is 0. The van der Waals surface area contributed by atoms with Gasteiger partial charge in [0.25, 0.3) is 11.8 Å². The van der Waals surface area contributed by atoms with Crippen molar-refractivity contribution in [1.29, 1.82) is 0 Å². The van der Waals surface area contributed by atoms with E-state index in [-0.39, 0.29) is 17.9 Å². The molecule has 82 valence electrons. The maximum atomic E-state index is 11.8. The van der Waals surface area contributed by atoms with E-state index in [2.05, 4.69) is 0 Å². The average molecular weight is 215 g/mol. The predicted octanol–water partition coefficient (Wildman–Crippen LogP) is 2.06. The molecule has 0 bridgehead atoms. The van der Waals surface area contributed by atoms with Gasteiger partial charge in [0.15, 0.2) is 0 Å². The fraction of sp³-hybridized carbons (Fsp3) is 0.231. The second kappa shape index (κ2) is 3.93.